The minimum atomic E-state index is 0.157. The standard InChI is InChI=1S/C37H24BNS/c1-21-18-28-25-10-7-15-33-37(25)39(31-13-4-5-14-32(31)40-33)38-30-12-6-11-26-34-23(17-16-22-8-2-3-9-24(22)34)20-27(35(26)30)29(19-21)36(28)38/h2-19,27H,20H2,1H3. The fourth-order valence-corrected chi connectivity index (χ4v) is 9.31. The summed E-state index contributed by atoms with van der Waals surface area (Å²) in [6.07, 6.45) is 1.05. The second-order valence-electron chi connectivity index (χ2n) is 11.7. The maximum Gasteiger partial charge on any atom is 0.329 e. The van der Waals surface area contributed by atoms with Crippen LogP contribution in [0.5, 0.6) is 0 Å². The lowest BCUT2D eigenvalue weighted by Gasteiger charge is -2.48. The predicted octanol–water partition coefficient (Wildman–Crippen LogP) is 8.21. The average molecular weight is 525 g/mol. The van der Waals surface area contributed by atoms with E-state index in [2.05, 4.69) is 121 Å². The number of benzene rings is 6. The van der Waals surface area contributed by atoms with Crippen molar-refractivity contribution in [2.45, 2.75) is 29.1 Å². The van der Waals surface area contributed by atoms with Gasteiger partial charge in [0.05, 0.1) is 5.69 Å². The van der Waals surface area contributed by atoms with Crippen LogP contribution in [0.3, 0.4) is 0 Å². The first-order chi connectivity index (χ1) is 19.8. The summed E-state index contributed by atoms with van der Waals surface area (Å²) in [6, 6.07) is 41.6. The van der Waals surface area contributed by atoms with Crippen molar-refractivity contribution in [3.8, 4) is 22.3 Å². The molecule has 4 aliphatic rings. The number of aryl methyl sites for hydroxylation is 1. The molecule has 0 spiro atoms. The van der Waals surface area contributed by atoms with E-state index in [1.165, 1.54) is 87.4 Å². The van der Waals surface area contributed by atoms with E-state index in [1.54, 1.807) is 0 Å². The lowest BCUT2D eigenvalue weighted by atomic mass is 9.39. The molecule has 0 radical (unpaired) electrons. The summed E-state index contributed by atoms with van der Waals surface area (Å²) < 4.78 is 0. The van der Waals surface area contributed by atoms with Gasteiger partial charge in [0.2, 0.25) is 0 Å². The largest absolute Gasteiger partial charge is 0.375 e. The molecule has 0 fully saturated rings. The Morgan fingerprint density at radius 1 is 0.750 bits per heavy atom. The molecule has 10 rings (SSSR count). The van der Waals surface area contributed by atoms with E-state index in [1.807, 2.05) is 11.8 Å². The van der Waals surface area contributed by atoms with Crippen molar-refractivity contribution in [1.82, 2.24) is 0 Å². The van der Waals surface area contributed by atoms with Crippen LogP contribution in [0.25, 0.3) is 33.0 Å². The van der Waals surface area contributed by atoms with Crippen LogP contribution < -0.4 is 15.7 Å². The van der Waals surface area contributed by atoms with Gasteiger partial charge in [0.25, 0.3) is 0 Å². The predicted molar refractivity (Wildman–Crippen MR) is 169 cm³/mol. The molecule has 3 heterocycles. The van der Waals surface area contributed by atoms with Gasteiger partial charge in [-0.1, -0.05) is 108 Å². The molecular formula is C37H24BNS. The quantitative estimate of drug-likeness (QED) is 0.184. The smallest absolute Gasteiger partial charge is 0.329 e. The Labute approximate surface area is 238 Å². The number of rotatable bonds is 0. The first-order valence-corrected chi connectivity index (χ1v) is 15.1. The van der Waals surface area contributed by atoms with Gasteiger partial charge in [-0.05, 0) is 86.6 Å². The highest BCUT2D eigenvalue weighted by atomic mass is 32.2. The lowest BCUT2D eigenvalue weighted by Crippen LogP contribution is -2.63. The zero-order valence-electron chi connectivity index (χ0n) is 22.1. The van der Waals surface area contributed by atoms with Crippen molar-refractivity contribution in [3.63, 3.8) is 0 Å². The van der Waals surface area contributed by atoms with Crippen molar-refractivity contribution in [2.75, 3.05) is 4.81 Å². The zero-order chi connectivity index (χ0) is 26.1. The van der Waals surface area contributed by atoms with E-state index in [9.17, 15) is 0 Å². The molecule has 1 unspecified atom stereocenters. The average Bonchev–Trinajstić information content (AvgIpc) is 3.00. The maximum atomic E-state index is 2.68. The second kappa shape index (κ2) is 7.50. The third-order valence-corrected chi connectivity index (χ3v) is 10.7. The van der Waals surface area contributed by atoms with E-state index < -0.39 is 0 Å². The van der Waals surface area contributed by atoms with Crippen molar-refractivity contribution in [1.29, 1.82) is 0 Å². The molecule has 3 heteroatoms. The van der Waals surface area contributed by atoms with Gasteiger partial charge in [0.15, 0.2) is 0 Å². The van der Waals surface area contributed by atoms with Gasteiger partial charge in [-0.3, -0.25) is 0 Å². The fraction of sp³-hybridized carbons (Fsp3) is 0.0811. The monoisotopic (exact) mass is 525 g/mol. The van der Waals surface area contributed by atoms with Crippen LogP contribution in [0.15, 0.2) is 119 Å². The molecule has 0 saturated heterocycles. The summed E-state index contributed by atoms with van der Waals surface area (Å²) in [5, 5.41) is 2.70. The Morgan fingerprint density at radius 2 is 1.57 bits per heavy atom. The third-order valence-electron chi connectivity index (χ3n) is 9.63. The number of para-hydroxylation sites is 2. The van der Waals surface area contributed by atoms with Gasteiger partial charge in [-0.25, -0.2) is 0 Å². The Balaban J connectivity index is 1.35. The van der Waals surface area contributed by atoms with Crippen LogP contribution in [0.4, 0.5) is 11.4 Å². The molecule has 3 aliphatic heterocycles. The highest BCUT2D eigenvalue weighted by Crippen LogP contribution is 2.56. The van der Waals surface area contributed by atoms with Gasteiger partial charge in [0, 0.05) is 27.0 Å². The van der Waals surface area contributed by atoms with E-state index in [-0.39, 0.29) is 6.85 Å². The summed E-state index contributed by atoms with van der Waals surface area (Å²) in [7, 11) is 0. The van der Waals surface area contributed by atoms with Crippen LogP contribution >= 0.6 is 11.8 Å². The molecular weight excluding hydrogens is 501 g/mol. The van der Waals surface area contributed by atoms with E-state index in [4.69, 9.17) is 0 Å². The number of anilines is 2. The summed E-state index contributed by atoms with van der Waals surface area (Å²) in [5.41, 5.74) is 17.2. The molecule has 1 aliphatic carbocycles. The van der Waals surface area contributed by atoms with Crippen LogP contribution in [-0.4, -0.2) is 6.85 Å². The summed E-state index contributed by atoms with van der Waals surface area (Å²) in [4.78, 5) is 5.38. The van der Waals surface area contributed by atoms with Gasteiger partial charge in [-0.15, -0.1) is 0 Å². The molecule has 1 nitrogen and oxygen atoms in total. The van der Waals surface area contributed by atoms with E-state index in [0.29, 0.717) is 5.92 Å². The molecule has 40 heavy (non-hydrogen) atoms. The Morgan fingerprint density at radius 3 is 2.55 bits per heavy atom. The van der Waals surface area contributed by atoms with Gasteiger partial charge < -0.3 is 4.81 Å². The lowest BCUT2D eigenvalue weighted by molar-refractivity contribution is 0.799. The zero-order valence-corrected chi connectivity index (χ0v) is 22.9. The summed E-state index contributed by atoms with van der Waals surface area (Å²) in [6.45, 7) is 2.44. The van der Waals surface area contributed by atoms with Gasteiger partial charge >= 0.3 is 6.85 Å². The summed E-state index contributed by atoms with van der Waals surface area (Å²) >= 11 is 1.91. The fourth-order valence-electron chi connectivity index (χ4n) is 8.21. The molecule has 0 saturated carbocycles. The highest BCUT2D eigenvalue weighted by Gasteiger charge is 2.48. The molecule has 0 aromatic heterocycles. The molecule has 6 aromatic carbocycles. The van der Waals surface area contributed by atoms with Crippen LogP contribution in [0.1, 0.15) is 28.2 Å². The Kier molecular flexibility index (Phi) is 4.05. The Hall–Kier alpha value is -4.21. The van der Waals surface area contributed by atoms with Gasteiger partial charge in [0.1, 0.15) is 0 Å². The topological polar surface area (TPSA) is 3.24 Å². The third kappa shape index (κ3) is 2.58. The molecule has 186 valence electrons. The van der Waals surface area contributed by atoms with E-state index >= 15 is 0 Å². The molecule has 0 amide bonds. The number of fused-ring (bicyclic) bond motifs is 10. The van der Waals surface area contributed by atoms with Crippen molar-refractivity contribution < 1.29 is 0 Å². The van der Waals surface area contributed by atoms with Crippen molar-refractivity contribution >= 4 is 51.7 Å². The first-order valence-electron chi connectivity index (χ1n) is 14.2. The van der Waals surface area contributed by atoms with E-state index in [0.717, 1.165) is 6.42 Å². The number of nitrogens with zero attached hydrogens (tertiary/aromatic N) is 1. The first kappa shape index (κ1) is 21.6. The normalized spacial score (nSPS) is 16.6. The van der Waals surface area contributed by atoms with Crippen LogP contribution in [0, 0.1) is 6.92 Å². The molecule has 6 aromatic rings. The molecule has 0 N–H and O–H groups in total. The maximum absolute atomic E-state index is 2.68. The molecule has 1 atom stereocenters. The minimum absolute atomic E-state index is 0.157. The SMILES string of the molecule is Cc1cc2c3c(c1)C1Cc4ccc5ccccc5c4-c4cccc(c41)B3N1c3ccccc3Sc3cccc-2c31. The van der Waals surface area contributed by atoms with Crippen LogP contribution in [-0.2, 0) is 6.42 Å². The summed E-state index contributed by atoms with van der Waals surface area (Å²) in [5.74, 6) is 0.365. The number of hydrogen-bond acceptors (Lipinski definition) is 2. The second-order valence-corrected chi connectivity index (χ2v) is 12.8. The molecule has 0 bridgehead atoms. The van der Waals surface area contributed by atoms with Gasteiger partial charge in [-0.2, -0.15) is 0 Å². The van der Waals surface area contributed by atoms with Crippen molar-refractivity contribution in [3.05, 3.63) is 131 Å². The highest BCUT2D eigenvalue weighted by molar-refractivity contribution is 7.99. The Bertz CT molecular complexity index is 2110. The van der Waals surface area contributed by atoms with Crippen LogP contribution in [0.2, 0.25) is 0 Å². The minimum Gasteiger partial charge on any atom is -0.375 e. The van der Waals surface area contributed by atoms with Crippen molar-refractivity contribution in [2.24, 2.45) is 0 Å². The number of hydrogen-bond donors (Lipinski definition) is 0.